The Kier molecular flexibility index (Phi) is 28.0. The van der Waals surface area contributed by atoms with Gasteiger partial charge in [-0.2, -0.15) is 0 Å². The lowest BCUT2D eigenvalue weighted by atomic mass is 9.88. The quantitative estimate of drug-likeness (QED) is 0.0309. The Morgan fingerprint density at radius 1 is 0.522 bits per heavy atom. The molecule has 6 aliphatic heterocycles. The molecule has 32 atom stereocenters. The zero-order valence-corrected chi connectivity index (χ0v) is 47.9. The fourth-order valence-corrected chi connectivity index (χ4v) is 11.0. The molecule has 41 nitrogen and oxygen atoms in total. The monoisotopic (exact) mass is 1320 g/mol. The number of aliphatic hydroxyl groups is 19. The Morgan fingerprint density at radius 3 is 1.53 bits per heavy atom. The fraction of sp³-hybridized carbons (Fsp3) is 0.898. The summed E-state index contributed by atoms with van der Waals surface area (Å²) in [7, 11) is 0. The molecule has 24 N–H and O–H groups in total. The number of hydrogen-bond donors (Lipinski definition) is 24. The molecular weight excluding hydrogens is 1240 g/mol. The molecule has 4 amide bonds. The summed E-state index contributed by atoms with van der Waals surface area (Å²) in [5, 5.41) is 227. The van der Waals surface area contributed by atoms with Gasteiger partial charge in [0.1, 0.15) is 147 Å². The maximum Gasteiger partial charge on any atom is 0.364 e. The van der Waals surface area contributed by atoms with E-state index in [2.05, 4.69) is 21.3 Å². The van der Waals surface area contributed by atoms with E-state index in [1.165, 1.54) is 0 Å². The van der Waals surface area contributed by atoms with Crippen molar-refractivity contribution >= 4 is 30.1 Å². The average molecular weight is 1320 g/mol. The maximum absolute atomic E-state index is 13.7. The highest BCUT2D eigenvalue weighted by Crippen LogP contribution is 2.41. The first kappa shape index (κ1) is 75.1. The summed E-state index contributed by atoms with van der Waals surface area (Å²) >= 11 is 0. The van der Waals surface area contributed by atoms with Crippen LogP contribution >= 0.6 is 0 Å². The molecule has 90 heavy (non-hydrogen) atoms. The third kappa shape index (κ3) is 17.0. The van der Waals surface area contributed by atoms with Crippen LogP contribution in [0.2, 0.25) is 0 Å². The Bertz CT molecular complexity index is 2290. The van der Waals surface area contributed by atoms with Crippen molar-refractivity contribution in [3.8, 4) is 0 Å². The van der Waals surface area contributed by atoms with E-state index in [9.17, 15) is 126 Å². The molecule has 0 radical (unpaired) electrons. The summed E-state index contributed by atoms with van der Waals surface area (Å²) < 4.78 is 70.2. The van der Waals surface area contributed by atoms with E-state index in [-0.39, 0.29) is 6.41 Å². The largest absolute Gasteiger partial charge is 0.477 e. The Labute approximate surface area is 508 Å². The summed E-state index contributed by atoms with van der Waals surface area (Å²) in [6.45, 7) is -7.54. The normalized spacial score (nSPS) is 43.5. The molecule has 0 aliphatic carbocycles. The highest BCUT2D eigenvalue weighted by atomic mass is 16.8. The molecule has 0 aromatic rings. The van der Waals surface area contributed by atoms with Crippen LogP contribution < -0.4 is 21.3 Å². The van der Waals surface area contributed by atoms with Gasteiger partial charge in [0.15, 0.2) is 31.5 Å². The van der Waals surface area contributed by atoms with Gasteiger partial charge < -0.3 is 180 Å². The van der Waals surface area contributed by atoms with Crippen LogP contribution in [-0.2, 0) is 80.8 Å². The standard InChI is InChI=1S/C49H82N4O37/c1-14(63)51-26-32(72)29(69)19(6-56)80-43(26)88-41-31(71)21(8-58)82-46(35(41)75)87-39-27(52-15(2)64)44(81-20(7-57)30(39)70)86-38-23(10-60)84-47(85-37-22(9-59)83-45(34(74)33(37)73)79-12-16(4-54)50-13-62)36(76)42(38)90-49(48(77)78)3-17(65)25(53-24(67)11-61)40(89-49)28(68)18(66)5-55/h13,16-23,25-47,54-61,65-66,68-76H,3-12H2,1-2H3,(H,50,62)(H,51,63)(H,52,64)(H,53,67)(H,77,78)/t16-,17+,18-,19-,20-,21-,22-,23-,25-,26-,27-,28-,29-,30+,31+,32-,33-,34-,35-,36-,37-,38+,39-,40-,41+,42-,43+,44+,45-,46+,47+,49+/m1/s1. The molecule has 6 aliphatic rings. The van der Waals surface area contributed by atoms with Crippen LogP contribution in [0.4, 0.5) is 0 Å². The van der Waals surface area contributed by atoms with Gasteiger partial charge in [-0.25, -0.2) is 4.79 Å². The van der Waals surface area contributed by atoms with Crippen molar-refractivity contribution in [2.75, 3.05) is 59.5 Å². The number of rotatable bonds is 29. The first-order valence-electron chi connectivity index (χ1n) is 28.1. The van der Waals surface area contributed by atoms with Gasteiger partial charge in [0, 0.05) is 20.3 Å². The average Bonchev–Trinajstić information content (AvgIpc) is 0.762. The third-order valence-electron chi connectivity index (χ3n) is 15.7. The number of amides is 4. The lowest BCUT2D eigenvalue weighted by Crippen LogP contribution is -2.72. The molecule has 41 heteroatoms. The number of ether oxygens (including phenoxy) is 12. The van der Waals surface area contributed by atoms with Crippen molar-refractivity contribution in [3.05, 3.63) is 0 Å². The first-order chi connectivity index (χ1) is 42.6. The number of hydrogen-bond acceptors (Lipinski definition) is 36. The Balaban J connectivity index is 1.41. The molecule has 6 heterocycles. The molecule has 6 fully saturated rings. The van der Waals surface area contributed by atoms with E-state index in [4.69, 9.17) is 56.8 Å². The van der Waals surface area contributed by atoms with Crippen molar-refractivity contribution < 1.29 is 183 Å². The van der Waals surface area contributed by atoms with Crippen LogP contribution in [0.25, 0.3) is 0 Å². The molecule has 0 aromatic heterocycles. The van der Waals surface area contributed by atoms with Crippen LogP contribution in [0.3, 0.4) is 0 Å². The fourth-order valence-electron chi connectivity index (χ4n) is 11.0. The summed E-state index contributed by atoms with van der Waals surface area (Å²) in [6, 6.07) is -6.76. The predicted molar refractivity (Wildman–Crippen MR) is 276 cm³/mol. The van der Waals surface area contributed by atoms with Crippen molar-refractivity contribution in [1.29, 1.82) is 0 Å². The van der Waals surface area contributed by atoms with Crippen molar-refractivity contribution in [2.45, 2.75) is 216 Å². The summed E-state index contributed by atoms with van der Waals surface area (Å²) in [4.78, 5) is 62.6. The van der Waals surface area contributed by atoms with Crippen molar-refractivity contribution in [3.63, 3.8) is 0 Å². The molecule has 0 saturated carbocycles. The van der Waals surface area contributed by atoms with E-state index in [0.29, 0.717) is 0 Å². The number of carboxylic acids is 1. The van der Waals surface area contributed by atoms with Gasteiger partial charge in [0.25, 0.3) is 5.79 Å². The molecule has 6 saturated heterocycles. The van der Waals surface area contributed by atoms with E-state index in [0.717, 1.165) is 13.8 Å². The molecule has 520 valence electrons. The molecule has 0 unspecified atom stereocenters. The predicted octanol–water partition coefficient (Wildman–Crippen LogP) is -16.4. The van der Waals surface area contributed by atoms with Gasteiger partial charge in [0.05, 0.1) is 71.0 Å². The minimum absolute atomic E-state index is 0.220. The number of carbonyl (C=O) groups excluding carboxylic acids is 4. The highest BCUT2D eigenvalue weighted by Gasteiger charge is 2.63. The minimum Gasteiger partial charge on any atom is -0.477 e. The zero-order valence-electron chi connectivity index (χ0n) is 47.9. The van der Waals surface area contributed by atoms with E-state index in [1.807, 2.05) is 0 Å². The molecule has 6 rings (SSSR count). The third-order valence-corrected chi connectivity index (χ3v) is 15.7. The number of aliphatic hydroxyl groups excluding tert-OH is 19. The van der Waals surface area contributed by atoms with Gasteiger partial charge in [-0.3, -0.25) is 19.2 Å². The van der Waals surface area contributed by atoms with Crippen LogP contribution in [0.15, 0.2) is 0 Å². The van der Waals surface area contributed by atoms with Crippen LogP contribution in [0, 0.1) is 0 Å². The summed E-state index contributed by atoms with van der Waals surface area (Å²) in [5.41, 5.74) is 0. The van der Waals surface area contributed by atoms with Crippen LogP contribution in [-0.4, -0.2) is 387 Å². The van der Waals surface area contributed by atoms with Crippen molar-refractivity contribution in [2.24, 2.45) is 0 Å². The van der Waals surface area contributed by atoms with E-state index < -0.39 is 285 Å². The topological polar surface area (TPSA) is 649 Å². The van der Waals surface area contributed by atoms with Gasteiger partial charge in [0.2, 0.25) is 24.1 Å². The van der Waals surface area contributed by atoms with Gasteiger partial charge in [-0.05, 0) is 0 Å². The van der Waals surface area contributed by atoms with Crippen LogP contribution in [0.1, 0.15) is 20.3 Å². The van der Waals surface area contributed by atoms with Crippen molar-refractivity contribution in [1.82, 2.24) is 21.3 Å². The first-order valence-corrected chi connectivity index (χ1v) is 28.1. The Morgan fingerprint density at radius 2 is 1.00 bits per heavy atom. The second kappa shape index (κ2) is 33.5. The second-order valence-electron chi connectivity index (χ2n) is 21.9. The maximum atomic E-state index is 13.7. The molecular formula is C49H82N4O37. The van der Waals surface area contributed by atoms with Crippen LogP contribution in [0.5, 0.6) is 0 Å². The number of carbonyl (C=O) groups is 5. The molecule has 0 aromatic carbocycles. The second-order valence-corrected chi connectivity index (χ2v) is 21.9. The van der Waals surface area contributed by atoms with Gasteiger partial charge in [-0.15, -0.1) is 0 Å². The lowest BCUT2D eigenvalue weighted by molar-refractivity contribution is -0.404. The summed E-state index contributed by atoms with van der Waals surface area (Å²) in [5.74, 6) is -8.84. The Hall–Kier alpha value is -3.89. The van der Waals surface area contributed by atoms with Gasteiger partial charge >= 0.3 is 5.97 Å². The lowest BCUT2D eigenvalue weighted by Gasteiger charge is -2.53. The summed E-state index contributed by atoms with van der Waals surface area (Å²) in [6.07, 6.45) is -59.0. The SMILES string of the molecule is CC(=O)N[C@H]1[C@H](O[C@H]2[C@@H](O)[C@@H](CO)O[C@@H](O[C@H]3[C@@H](O)[C@@H](CO)O[C@@H](O[C@@H]4[C@H](O[C@]5(C(=O)O)C[C@H](O)[C@@H](NC(=O)CO)[C@H]([C@H](O)[C@H](O)CO)O5)[C@@H](O)[C@H](O[C@H]5[C@H](O)[C@@H](O)[C@H](OC[C@@H](CO)NC=O)O[C@@H]5CO)O[C@@H]4CO)[C@@H]3NC(C)=O)[C@@H]2O)O[C@H](CO)[C@@H](O)[C@@H]1O. The minimum atomic E-state index is -3.49. The zero-order chi connectivity index (χ0) is 66.8. The smallest absolute Gasteiger partial charge is 0.364 e. The molecule has 0 spiro atoms. The molecule has 0 bridgehead atoms. The number of carboxylic acid groups (broad SMARTS) is 1. The highest BCUT2D eigenvalue weighted by molar-refractivity contribution is 5.78. The van der Waals surface area contributed by atoms with Gasteiger partial charge in [-0.1, -0.05) is 0 Å². The van der Waals surface area contributed by atoms with E-state index in [1.54, 1.807) is 0 Å². The number of aliphatic carboxylic acids is 1. The van der Waals surface area contributed by atoms with E-state index >= 15 is 0 Å². The number of nitrogens with one attached hydrogen (secondary N) is 4.